The third-order valence-electron chi connectivity index (χ3n) is 8.42. The summed E-state index contributed by atoms with van der Waals surface area (Å²) in [4.78, 5) is 29.0. The predicted octanol–water partition coefficient (Wildman–Crippen LogP) is 4.73. The molecule has 1 aromatic rings. The van der Waals surface area contributed by atoms with Crippen molar-refractivity contribution in [2.75, 3.05) is 13.2 Å². The number of hydrogen-bond acceptors (Lipinski definition) is 5. The second-order valence-electron chi connectivity index (χ2n) is 11.1. The van der Waals surface area contributed by atoms with E-state index >= 15 is 0 Å². The SMILES string of the molecule is O=C(NCCO)C1=CC(Oc2ccccc2I)C(O)C(N(C(=O)CCC2CCCC2)C2CCCCCC2)C1. The molecule has 3 unspecified atom stereocenters. The molecule has 8 heteroatoms. The number of halogens is 1. The Balaban J connectivity index is 1.62. The Hall–Kier alpha value is -1.65. The number of aliphatic hydroxyl groups is 2. The molecule has 3 aliphatic carbocycles. The van der Waals surface area contributed by atoms with Gasteiger partial charge in [-0.3, -0.25) is 9.59 Å². The predicted molar refractivity (Wildman–Crippen MR) is 156 cm³/mol. The first kappa shape index (κ1) is 29.3. The van der Waals surface area contributed by atoms with E-state index in [1.54, 1.807) is 6.08 Å². The van der Waals surface area contributed by atoms with Gasteiger partial charge in [-0.15, -0.1) is 0 Å². The minimum atomic E-state index is -0.959. The Kier molecular flexibility index (Phi) is 11.3. The first-order chi connectivity index (χ1) is 18.5. The van der Waals surface area contributed by atoms with E-state index in [4.69, 9.17) is 4.74 Å². The number of aliphatic hydroxyl groups excluding tert-OH is 2. The molecule has 1 aromatic carbocycles. The van der Waals surface area contributed by atoms with Crippen molar-refractivity contribution in [3.63, 3.8) is 0 Å². The van der Waals surface area contributed by atoms with Crippen LogP contribution in [0.15, 0.2) is 35.9 Å². The van der Waals surface area contributed by atoms with Gasteiger partial charge in [0.15, 0.2) is 0 Å². The Morgan fingerprint density at radius 3 is 2.39 bits per heavy atom. The summed E-state index contributed by atoms with van der Waals surface area (Å²) in [5.41, 5.74) is 0.493. The summed E-state index contributed by atoms with van der Waals surface area (Å²) in [6.45, 7) is -0.000770. The molecular formula is C30H43IN2O5. The Morgan fingerprint density at radius 2 is 1.71 bits per heavy atom. The highest BCUT2D eigenvalue weighted by Gasteiger charge is 2.43. The molecule has 0 saturated heterocycles. The minimum absolute atomic E-state index is 0.0607. The first-order valence-electron chi connectivity index (χ1n) is 14.5. The zero-order chi connectivity index (χ0) is 26.9. The molecule has 2 saturated carbocycles. The van der Waals surface area contributed by atoms with E-state index in [2.05, 4.69) is 27.9 Å². The number of rotatable bonds is 10. The summed E-state index contributed by atoms with van der Waals surface area (Å²) in [6, 6.07) is 7.12. The molecule has 0 spiro atoms. The molecule has 210 valence electrons. The molecule has 4 rings (SSSR count). The molecule has 0 aromatic heterocycles. The molecule has 2 fully saturated rings. The lowest BCUT2D eigenvalue weighted by molar-refractivity contribution is -0.143. The number of nitrogens with one attached hydrogen (secondary N) is 1. The van der Waals surface area contributed by atoms with Crippen LogP contribution < -0.4 is 10.1 Å². The van der Waals surface area contributed by atoms with Gasteiger partial charge in [-0.1, -0.05) is 63.5 Å². The molecule has 3 aliphatic rings. The van der Waals surface area contributed by atoms with E-state index in [9.17, 15) is 19.8 Å². The summed E-state index contributed by atoms with van der Waals surface area (Å²) in [5, 5.41) is 23.7. The molecule has 0 bridgehead atoms. The third kappa shape index (κ3) is 7.72. The number of benzene rings is 1. The number of ether oxygens (including phenoxy) is 1. The van der Waals surface area contributed by atoms with Crippen molar-refractivity contribution in [1.82, 2.24) is 10.2 Å². The number of hydrogen-bond donors (Lipinski definition) is 3. The van der Waals surface area contributed by atoms with Gasteiger partial charge in [-0.05, 0) is 66.0 Å². The molecule has 2 amide bonds. The molecule has 7 nitrogen and oxygen atoms in total. The Labute approximate surface area is 240 Å². The van der Waals surface area contributed by atoms with Crippen LogP contribution in [-0.4, -0.2) is 64.4 Å². The lowest BCUT2D eigenvalue weighted by Gasteiger charge is -2.44. The maximum Gasteiger partial charge on any atom is 0.247 e. The van der Waals surface area contributed by atoms with Crippen LogP contribution in [0.5, 0.6) is 5.75 Å². The van der Waals surface area contributed by atoms with E-state index in [-0.39, 0.29) is 37.4 Å². The summed E-state index contributed by atoms with van der Waals surface area (Å²) >= 11 is 2.20. The van der Waals surface area contributed by atoms with Crippen LogP contribution in [0.1, 0.15) is 83.5 Å². The highest BCUT2D eigenvalue weighted by molar-refractivity contribution is 14.1. The number of amides is 2. The van der Waals surface area contributed by atoms with E-state index in [0.717, 1.165) is 35.7 Å². The highest BCUT2D eigenvalue weighted by Crippen LogP contribution is 2.35. The fourth-order valence-corrected chi connectivity index (χ4v) is 6.90. The average Bonchev–Trinajstić information content (AvgIpc) is 3.31. The van der Waals surface area contributed by atoms with Crippen LogP contribution in [-0.2, 0) is 9.59 Å². The maximum atomic E-state index is 13.9. The molecule has 38 heavy (non-hydrogen) atoms. The standard InChI is InChI=1S/C30H43IN2O5/c31-24-13-7-8-14-26(24)38-27-20-22(30(37)32-17-18-34)19-25(29(27)36)33(23-11-3-1-2-4-12-23)28(35)16-15-21-9-5-6-10-21/h7-8,13-14,20-21,23,25,27,29,34,36H,1-6,9-12,15-19H2,(H,32,37). The second kappa shape index (κ2) is 14.7. The fraction of sp³-hybridized carbons (Fsp3) is 0.667. The van der Waals surface area contributed by atoms with Crippen LogP contribution in [0.4, 0.5) is 0 Å². The average molecular weight is 639 g/mol. The molecule has 0 aliphatic heterocycles. The van der Waals surface area contributed by atoms with Crippen LogP contribution >= 0.6 is 22.6 Å². The number of nitrogens with zero attached hydrogens (tertiary/aromatic N) is 1. The van der Waals surface area contributed by atoms with Crippen molar-refractivity contribution < 1.29 is 24.5 Å². The first-order valence-corrected chi connectivity index (χ1v) is 15.6. The Morgan fingerprint density at radius 1 is 1.03 bits per heavy atom. The van der Waals surface area contributed by atoms with E-state index < -0.39 is 18.2 Å². The van der Waals surface area contributed by atoms with Crippen molar-refractivity contribution in [2.24, 2.45) is 5.92 Å². The van der Waals surface area contributed by atoms with Gasteiger partial charge in [0.1, 0.15) is 18.0 Å². The van der Waals surface area contributed by atoms with Crippen molar-refractivity contribution in [3.05, 3.63) is 39.5 Å². The smallest absolute Gasteiger partial charge is 0.247 e. The lowest BCUT2D eigenvalue weighted by Crippen LogP contribution is -2.58. The molecule has 0 heterocycles. The summed E-state index contributed by atoms with van der Waals surface area (Å²) in [7, 11) is 0. The van der Waals surface area contributed by atoms with Crippen molar-refractivity contribution >= 4 is 34.4 Å². The third-order valence-corrected chi connectivity index (χ3v) is 9.31. The molecular weight excluding hydrogens is 595 g/mol. The van der Waals surface area contributed by atoms with Gasteiger partial charge in [-0.2, -0.15) is 0 Å². The minimum Gasteiger partial charge on any atom is -0.482 e. The largest absolute Gasteiger partial charge is 0.482 e. The van der Waals surface area contributed by atoms with Gasteiger partial charge in [-0.25, -0.2) is 0 Å². The second-order valence-corrected chi connectivity index (χ2v) is 12.2. The quantitative estimate of drug-likeness (QED) is 0.255. The van der Waals surface area contributed by atoms with E-state index in [0.29, 0.717) is 23.7 Å². The van der Waals surface area contributed by atoms with Crippen molar-refractivity contribution in [2.45, 2.75) is 108 Å². The summed E-state index contributed by atoms with van der Waals surface area (Å²) in [5.74, 6) is 1.06. The zero-order valence-electron chi connectivity index (χ0n) is 22.3. The molecule has 3 atom stereocenters. The molecule has 3 N–H and O–H groups in total. The topological polar surface area (TPSA) is 99.1 Å². The van der Waals surface area contributed by atoms with Gasteiger partial charge >= 0.3 is 0 Å². The van der Waals surface area contributed by atoms with Crippen LogP contribution in [0.2, 0.25) is 0 Å². The maximum absolute atomic E-state index is 13.9. The van der Waals surface area contributed by atoms with Crippen molar-refractivity contribution in [1.29, 1.82) is 0 Å². The van der Waals surface area contributed by atoms with Crippen molar-refractivity contribution in [3.8, 4) is 5.75 Å². The number of para-hydroxylation sites is 1. The Bertz CT molecular complexity index is 956. The highest BCUT2D eigenvalue weighted by atomic mass is 127. The van der Waals surface area contributed by atoms with E-state index in [1.165, 1.54) is 38.5 Å². The normalized spacial score (nSPS) is 24.9. The van der Waals surface area contributed by atoms with Gasteiger partial charge in [0.2, 0.25) is 11.8 Å². The molecule has 0 radical (unpaired) electrons. The van der Waals surface area contributed by atoms with Gasteiger partial charge in [0, 0.05) is 31.0 Å². The lowest BCUT2D eigenvalue weighted by atomic mass is 9.86. The van der Waals surface area contributed by atoms with Crippen LogP contribution in [0, 0.1) is 9.49 Å². The van der Waals surface area contributed by atoms with Crippen LogP contribution in [0.25, 0.3) is 0 Å². The summed E-state index contributed by atoms with van der Waals surface area (Å²) in [6.07, 6.45) is 12.9. The monoisotopic (exact) mass is 638 g/mol. The van der Waals surface area contributed by atoms with Gasteiger partial charge in [0.05, 0.1) is 16.2 Å². The van der Waals surface area contributed by atoms with Gasteiger partial charge < -0.3 is 25.2 Å². The summed E-state index contributed by atoms with van der Waals surface area (Å²) < 4.78 is 7.21. The van der Waals surface area contributed by atoms with Crippen LogP contribution in [0.3, 0.4) is 0 Å². The van der Waals surface area contributed by atoms with E-state index in [1.807, 2.05) is 29.2 Å². The fourth-order valence-electron chi connectivity index (χ4n) is 6.39. The number of carbonyl (C=O) groups excluding carboxylic acids is 2. The van der Waals surface area contributed by atoms with Gasteiger partial charge in [0.25, 0.3) is 0 Å². The zero-order valence-corrected chi connectivity index (χ0v) is 24.5. The number of carbonyl (C=O) groups is 2.